The van der Waals surface area contributed by atoms with Crippen LogP contribution >= 0.6 is 0 Å². The summed E-state index contributed by atoms with van der Waals surface area (Å²) in [4.78, 5) is 27.9. The number of Topliss-reactive ketones (excluding diaryl/α,β-unsaturated/α-hetero) is 1. The number of hydrogen-bond acceptors (Lipinski definition) is 4. The number of phenolic OH excluding ortho intramolecular Hbond substituents is 1. The van der Waals surface area contributed by atoms with Crippen LogP contribution in [0.5, 0.6) is 5.75 Å². The number of carbonyl (C=O) groups excluding carboxylic acids is 2. The number of amides is 1. The first-order chi connectivity index (χ1) is 16.0. The van der Waals surface area contributed by atoms with Crippen molar-refractivity contribution in [2.75, 3.05) is 4.90 Å². The van der Waals surface area contributed by atoms with E-state index in [0.717, 1.165) is 16.3 Å². The van der Waals surface area contributed by atoms with Crippen molar-refractivity contribution in [1.82, 2.24) is 0 Å². The number of ketones is 1. The SMILES string of the molecule is Cc1ccccc1N1C(=O)C(=O)/C(=C(\O)c2ccc3ccccc3c2)C1c1ccc(O)cc1. The molecule has 1 saturated heterocycles. The zero-order valence-electron chi connectivity index (χ0n) is 17.9. The third kappa shape index (κ3) is 3.44. The Balaban J connectivity index is 1.74. The van der Waals surface area contributed by atoms with Crippen LogP contribution in [0.4, 0.5) is 5.69 Å². The summed E-state index contributed by atoms with van der Waals surface area (Å²) in [5.41, 5.74) is 2.51. The molecule has 1 unspecified atom stereocenters. The lowest BCUT2D eigenvalue weighted by Gasteiger charge is -2.26. The van der Waals surface area contributed by atoms with Gasteiger partial charge in [0, 0.05) is 11.3 Å². The first-order valence-corrected chi connectivity index (χ1v) is 10.6. The van der Waals surface area contributed by atoms with E-state index in [1.54, 1.807) is 36.4 Å². The molecule has 0 bridgehead atoms. The Labute approximate surface area is 190 Å². The van der Waals surface area contributed by atoms with Gasteiger partial charge in [-0.1, -0.05) is 66.7 Å². The Hall–Kier alpha value is -4.38. The molecule has 162 valence electrons. The fourth-order valence-corrected chi connectivity index (χ4v) is 4.38. The van der Waals surface area contributed by atoms with E-state index in [2.05, 4.69) is 0 Å². The molecule has 1 aliphatic rings. The number of nitrogens with zero attached hydrogens (tertiary/aromatic N) is 1. The molecule has 4 aromatic rings. The van der Waals surface area contributed by atoms with Gasteiger partial charge in [0.05, 0.1) is 11.6 Å². The molecule has 1 fully saturated rings. The Morgan fingerprint density at radius 2 is 1.48 bits per heavy atom. The van der Waals surface area contributed by atoms with E-state index < -0.39 is 17.7 Å². The number of para-hydroxylation sites is 1. The first kappa shape index (κ1) is 20.5. The van der Waals surface area contributed by atoms with Gasteiger partial charge in [-0.2, -0.15) is 0 Å². The van der Waals surface area contributed by atoms with E-state index in [0.29, 0.717) is 16.8 Å². The monoisotopic (exact) mass is 435 g/mol. The van der Waals surface area contributed by atoms with Gasteiger partial charge in [-0.25, -0.2) is 0 Å². The molecule has 0 aromatic heterocycles. The molecular weight excluding hydrogens is 414 g/mol. The number of aryl methyl sites for hydroxylation is 1. The maximum atomic E-state index is 13.3. The fraction of sp³-hybridized carbons (Fsp3) is 0.0714. The number of aliphatic hydroxyl groups excluding tert-OH is 1. The van der Waals surface area contributed by atoms with Gasteiger partial charge in [-0.05, 0) is 53.1 Å². The summed E-state index contributed by atoms with van der Waals surface area (Å²) < 4.78 is 0. The maximum Gasteiger partial charge on any atom is 0.300 e. The third-order valence-electron chi connectivity index (χ3n) is 6.05. The largest absolute Gasteiger partial charge is 0.508 e. The number of rotatable bonds is 3. The molecular formula is C28H21NO4. The summed E-state index contributed by atoms with van der Waals surface area (Å²) in [6.45, 7) is 1.87. The summed E-state index contributed by atoms with van der Waals surface area (Å²) in [5.74, 6) is -1.61. The summed E-state index contributed by atoms with van der Waals surface area (Å²) >= 11 is 0. The van der Waals surface area contributed by atoms with Crippen LogP contribution in [0.25, 0.3) is 16.5 Å². The number of aliphatic hydroxyl groups is 1. The maximum absolute atomic E-state index is 13.3. The Kier molecular flexibility index (Phi) is 4.94. The van der Waals surface area contributed by atoms with Crippen molar-refractivity contribution >= 4 is 33.9 Å². The Bertz CT molecular complexity index is 1440. The molecule has 0 spiro atoms. The van der Waals surface area contributed by atoms with Crippen LogP contribution in [0.15, 0.2) is 96.6 Å². The Morgan fingerprint density at radius 1 is 0.818 bits per heavy atom. The van der Waals surface area contributed by atoms with Gasteiger partial charge in [-0.3, -0.25) is 14.5 Å². The van der Waals surface area contributed by atoms with E-state index in [9.17, 15) is 19.8 Å². The second kappa shape index (κ2) is 7.95. The third-order valence-corrected chi connectivity index (χ3v) is 6.05. The highest BCUT2D eigenvalue weighted by molar-refractivity contribution is 6.51. The summed E-state index contributed by atoms with van der Waals surface area (Å²) in [7, 11) is 0. The molecule has 1 amide bonds. The highest BCUT2D eigenvalue weighted by Gasteiger charge is 2.47. The van der Waals surface area contributed by atoms with Crippen molar-refractivity contribution in [3.8, 4) is 5.75 Å². The van der Waals surface area contributed by atoms with Crippen molar-refractivity contribution < 1.29 is 19.8 Å². The molecule has 1 heterocycles. The van der Waals surface area contributed by atoms with Crippen LogP contribution in [-0.2, 0) is 9.59 Å². The van der Waals surface area contributed by atoms with Gasteiger partial charge >= 0.3 is 0 Å². The minimum absolute atomic E-state index is 0.0178. The van der Waals surface area contributed by atoms with Crippen molar-refractivity contribution in [3.63, 3.8) is 0 Å². The van der Waals surface area contributed by atoms with E-state index in [1.165, 1.54) is 17.0 Å². The average molecular weight is 435 g/mol. The summed E-state index contributed by atoms with van der Waals surface area (Å²) in [6, 6.07) is 25.9. The van der Waals surface area contributed by atoms with E-state index in [4.69, 9.17) is 0 Å². The van der Waals surface area contributed by atoms with Crippen molar-refractivity contribution in [1.29, 1.82) is 0 Å². The second-order valence-electron chi connectivity index (χ2n) is 8.11. The van der Waals surface area contributed by atoms with Crippen molar-refractivity contribution in [2.45, 2.75) is 13.0 Å². The molecule has 4 aromatic carbocycles. The van der Waals surface area contributed by atoms with Crippen LogP contribution in [-0.4, -0.2) is 21.9 Å². The zero-order valence-corrected chi connectivity index (χ0v) is 17.9. The summed E-state index contributed by atoms with van der Waals surface area (Å²) in [5, 5.41) is 23.0. The van der Waals surface area contributed by atoms with Gasteiger partial charge in [0.25, 0.3) is 11.7 Å². The molecule has 0 aliphatic carbocycles. The van der Waals surface area contributed by atoms with Crippen LogP contribution in [0.2, 0.25) is 0 Å². The lowest BCUT2D eigenvalue weighted by Crippen LogP contribution is -2.30. The fourth-order valence-electron chi connectivity index (χ4n) is 4.38. The second-order valence-corrected chi connectivity index (χ2v) is 8.11. The van der Waals surface area contributed by atoms with Gasteiger partial charge in [-0.15, -0.1) is 0 Å². The number of phenols is 1. The number of hydrogen-bond donors (Lipinski definition) is 2. The standard InChI is InChI=1S/C28H21NO4/c1-17-6-2-5-9-23(17)29-25(19-12-14-22(30)15-13-19)24(27(32)28(29)33)26(31)21-11-10-18-7-3-4-8-20(18)16-21/h2-16,25,30-31H,1H3/b26-24-. The average Bonchev–Trinajstić information content (AvgIpc) is 3.09. The molecule has 1 aliphatic heterocycles. The molecule has 5 heteroatoms. The highest BCUT2D eigenvalue weighted by Crippen LogP contribution is 2.43. The smallest absolute Gasteiger partial charge is 0.300 e. The number of carbonyl (C=O) groups is 2. The number of aromatic hydroxyl groups is 1. The first-order valence-electron chi connectivity index (χ1n) is 10.6. The molecule has 0 radical (unpaired) electrons. The molecule has 2 N–H and O–H groups in total. The predicted octanol–water partition coefficient (Wildman–Crippen LogP) is 5.48. The van der Waals surface area contributed by atoms with Crippen LogP contribution in [0.3, 0.4) is 0 Å². The lowest BCUT2D eigenvalue weighted by atomic mass is 9.94. The lowest BCUT2D eigenvalue weighted by molar-refractivity contribution is -0.132. The molecule has 5 rings (SSSR count). The van der Waals surface area contributed by atoms with Crippen LogP contribution < -0.4 is 4.90 Å². The minimum atomic E-state index is -0.835. The van der Waals surface area contributed by atoms with Crippen LogP contribution in [0, 0.1) is 6.92 Å². The number of anilines is 1. The summed E-state index contributed by atoms with van der Waals surface area (Å²) in [6.07, 6.45) is 0. The van der Waals surface area contributed by atoms with E-state index in [-0.39, 0.29) is 17.1 Å². The van der Waals surface area contributed by atoms with E-state index >= 15 is 0 Å². The van der Waals surface area contributed by atoms with Crippen molar-refractivity contribution in [3.05, 3.63) is 113 Å². The normalized spacial score (nSPS) is 17.6. The molecule has 33 heavy (non-hydrogen) atoms. The predicted molar refractivity (Wildman–Crippen MR) is 128 cm³/mol. The van der Waals surface area contributed by atoms with Crippen LogP contribution in [0.1, 0.15) is 22.7 Å². The number of fused-ring (bicyclic) bond motifs is 1. The molecule has 1 atom stereocenters. The van der Waals surface area contributed by atoms with Gasteiger partial charge in [0.2, 0.25) is 0 Å². The topological polar surface area (TPSA) is 77.8 Å². The Morgan fingerprint density at radius 3 is 2.21 bits per heavy atom. The van der Waals surface area contributed by atoms with Gasteiger partial charge in [0.1, 0.15) is 11.5 Å². The van der Waals surface area contributed by atoms with E-state index in [1.807, 2.05) is 49.4 Å². The highest BCUT2D eigenvalue weighted by atomic mass is 16.3. The molecule has 0 saturated carbocycles. The van der Waals surface area contributed by atoms with Gasteiger partial charge < -0.3 is 10.2 Å². The minimum Gasteiger partial charge on any atom is -0.508 e. The zero-order chi connectivity index (χ0) is 23.1. The number of benzene rings is 4. The molecule has 5 nitrogen and oxygen atoms in total. The van der Waals surface area contributed by atoms with Crippen molar-refractivity contribution in [2.24, 2.45) is 0 Å². The quantitative estimate of drug-likeness (QED) is 0.254. The van der Waals surface area contributed by atoms with Gasteiger partial charge in [0.15, 0.2) is 0 Å².